The highest BCUT2D eigenvalue weighted by atomic mass is 19.1. The molecule has 0 aliphatic carbocycles. The van der Waals surface area contributed by atoms with Crippen LogP contribution in [0.5, 0.6) is 0 Å². The van der Waals surface area contributed by atoms with Gasteiger partial charge in [0.05, 0.1) is 6.61 Å². The van der Waals surface area contributed by atoms with Crippen LogP contribution < -0.4 is 5.32 Å². The first-order valence-corrected chi connectivity index (χ1v) is 8.61. The van der Waals surface area contributed by atoms with Gasteiger partial charge in [0.15, 0.2) is 17.2 Å². The highest BCUT2D eigenvalue weighted by Gasteiger charge is 2.36. The molecule has 0 amide bonds. The maximum atomic E-state index is 13.4. The largest absolute Gasteiger partial charge is 0.381 e. The minimum atomic E-state index is -1.66. The van der Waals surface area contributed by atoms with Crippen molar-refractivity contribution >= 4 is 17.4 Å². The van der Waals surface area contributed by atoms with Gasteiger partial charge in [0.2, 0.25) is 5.95 Å². The molecule has 3 N–H and O–H groups in total. The molecule has 0 saturated carbocycles. The van der Waals surface area contributed by atoms with Gasteiger partial charge in [-0.15, -0.1) is 0 Å². The second-order valence-corrected chi connectivity index (χ2v) is 6.47. The highest BCUT2D eigenvalue weighted by Crippen LogP contribution is 2.29. The molecule has 1 atom stereocenters. The summed E-state index contributed by atoms with van der Waals surface area (Å²) >= 11 is 0. The molecule has 0 fully saturated rings. The number of benzene rings is 1. The maximum absolute atomic E-state index is 13.4. The average molecular weight is 382 g/mol. The first-order chi connectivity index (χ1) is 13.5. The van der Waals surface area contributed by atoms with Crippen molar-refractivity contribution in [3.8, 4) is 0 Å². The van der Waals surface area contributed by atoms with Crippen LogP contribution in [0.4, 0.5) is 16.2 Å². The first-order valence-electron chi connectivity index (χ1n) is 8.61. The van der Waals surface area contributed by atoms with Gasteiger partial charge < -0.3 is 15.2 Å². The van der Waals surface area contributed by atoms with E-state index in [9.17, 15) is 9.50 Å². The zero-order chi connectivity index (χ0) is 19.7. The number of ether oxygens (including phenoxy) is 1. The Labute approximate surface area is 160 Å². The van der Waals surface area contributed by atoms with Crippen molar-refractivity contribution in [1.82, 2.24) is 24.6 Å². The Morgan fingerprint density at radius 1 is 1.25 bits per heavy atom. The van der Waals surface area contributed by atoms with Gasteiger partial charge in [0.25, 0.3) is 0 Å². The lowest BCUT2D eigenvalue weighted by molar-refractivity contribution is -0.00960. The maximum Gasteiger partial charge on any atom is 0.216 e. The van der Waals surface area contributed by atoms with Gasteiger partial charge in [-0.1, -0.05) is 12.1 Å². The standard InChI is InChI=1S/C19H19FN6O2/c1-12-10-15(25-24-12)21-18-23-17(22-16-4-3-9-26(16)18)19(27,11-28-2)13-5-7-14(20)8-6-13/h3-10,27H,11H2,1-2H3,(H2,21,22,23,24,25). The topological polar surface area (TPSA) is 100 Å². The Kier molecular flexibility index (Phi) is 4.54. The summed E-state index contributed by atoms with van der Waals surface area (Å²) in [6, 6.07) is 11.0. The summed E-state index contributed by atoms with van der Waals surface area (Å²) in [5.74, 6) is 0.729. The smallest absolute Gasteiger partial charge is 0.216 e. The molecule has 0 spiro atoms. The fourth-order valence-electron chi connectivity index (χ4n) is 3.01. The van der Waals surface area contributed by atoms with Crippen LogP contribution in [-0.2, 0) is 10.3 Å². The molecule has 144 valence electrons. The monoisotopic (exact) mass is 382 g/mol. The number of aryl methyl sites for hydroxylation is 1. The molecular weight excluding hydrogens is 363 g/mol. The van der Waals surface area contributed by atoms with Crippen LogP contribution in [0.2, 0.25) is 0 Å². The summed E-state index contributed by atoms with van der Waals surface area (Å²) in [6.45, 7) is 1.79. The van der Waals surface area contributed by atoms with Gasteiger partial charge in [0.1, 0.15) is 11.5 Å². The van der Waals surface area contributed by atoms with Crippen LogP contribution in [0.25, 0.3) is 5.65 Å². The van der Waals surface area contributed by atoms with E-state index in [1.54, 1.807) is 16.7 Å². The number of H-pyrrole nitrogens is 1. The number of aliphatic hydroxyl groups is 1. The second-order valence-electron chi connectivity index (χ2n) is 6.47. The Bertz CT molecular complexity index is 1110. The molecule has 8 nitrogen and oxygen atoms in total. The number of hydrogen-bond acceptors (Lipinski definition) is 6. The zero-order valence-corrected chi connectivity index (χ0v) is 15.3. The second kappa shape index (κ2) is 7.02. The van der Waals surface area contributed by atoms with Crippen molar-refractivity contribution in [3.05, 3.63) is 71.6 Å². The van der Waals surface area contributed by atoms with Gasteiger partial charge in [-0.25, -0.2) is 9.37 Å². The lowest BCUT2D eigenvalue weighted by Gasteiger charge is -2.27. The van der Waals surface area contributed by atoms with Crippen LogP contribution in [0, 0.1) is 12.7 Å². The molecule has 0 bridgehead atoms. The average Bonchev–Trinajstić information content (AvgIpc) is 3.31. The number of methoxy groups -OCH3 is 1. The molecule has 0 aliphatic rings. The number of fused-ring (bicyclic) bond motifs is 1. The number of aromatic nitrogens is 5. The van der Waals surface area contributed by atoms with Crippen molar-refractivity contribution in [3.63, 3.8) is 0 Å². The van der Waals surface area contributed by atoms with Gasteiger partial charge in [0, 0.05) is 25.1 Å². The normalized spacial score (nSPS) is 13.6. The third-order valence-corrected chi connectivity index (χ3v) is 4.38. The number of nitrogens with one attached hydrogen (secondary N) is 2. The van der Waals surface area contributed by atoms with E-state index in [0.717, 1.165) is 5.69 Å². The molecule has 0 radical (unpaired) electrons. The molecule has 0 saturated heterocycles. The van der Waals surface area contributed by atoms with Gasteiger partial charge in [-0.05, 0) is 36.8 Å². The lowest BCUT2D eigenvalue weighted by Crippen LogP contribution is -2.35. The van der Waals surface area contributed by atoms with E-state index in [1.807, 2.05) is 19.1 Å². The molecular formula is C19H19FN6O2. The van der Waals surface area contributed by atoms with Crippen molar-refractivity contribution < 1.29 is 14.2 Å². The number of hydrogen-bond donors (Lipinski definition) is 3. The minimum Gasteiger partial charge on any atom is -0.381 e. The van der Waals surface area contributed by atoms with Crippen LogP contribution in [0.15, 0.2) is 48.7 Å². The Morgan fingerprint density at radius 2 is 2.04 bits per heavy atom. The van der Waals surface area contributed by atoms with Gasteiger partial charge >= 0.3 is 0 Å². The molecule has 3 heterocycles. The Morgan fingerprint density at radius 3 is 2.71 bits per heavy atom. The van der Waals surface area contributed by atoms with E-state index in [-0.39, 0.29) is 12.4 Å². The van der Waals surface area contributed by atoms with Crippen LogP contribution in [-0.4, -0.2) is 43.4 Å². The SMILES string of the molecule is COCC(O)(c1ccc(F)cc1)c1nc(Nc2cc(C)[nH]n2)n2cccc2n1. The third-order valence-electron chi connectivity index (χ3n) is 4.38. The molecule has 1 unspecified atom stereocenters. The Balaban J connectivity index is 1.84. The first kappa shape index (κ1) is 18.1. The fourth-order valence-corrected chi connectivity index (χ4v) is 3.01. The van der Waals surface area contributed by atoms with Crippen molar-refractivity contribution in [2.24, 2.45) is 0 Å². The third kappa shape index (κ3) is 3.21. The van der Waals surface area contributed by atoms with Crippen molar-refractivity contribution in [2.75, 3.05) is 19.0 Å². The number of nitrogens with zero attached hydrogens (tertiary/aromatic N) is 4. The van der Waals surface area contributed by atoms with E-state index < -0.39 is 11.4 Å². The predicted octanol–water partition coefficient (Wildman–Crippen LogP) is 2.53. The minimum absolute atomic E-state index is 0.101. The summed E-state index contributed by atoms with van der Waals surface area (Å²) in [7, 11) is 1.47. The van der Waals surface area contributed by atoms with Crippen LogP contribution in [0.3, 0.4) is 0 Å². The molecule has 1 aromatic carbocycles. The molecule has 3 aromatic heterocycles. The number of halogens is 1. The van der Waals surface area contributed by atoms with Gasteiger partial charge in [-0.3, -0.25) is 9.50 Å². The molecule has 4 rings (SSSR count). The summed E-state index contributed by atoms with van der Waals surface area (Å²) in [5, 5.41) is 21.5. The lowest BCUT2D eigenvalue weighted by atomic mass is 9.93. The van der Waals surface area contributed by atoms with Crippen LogP contribution >= 0.6 is 0 Å². The summed E-state index contributed by atoms with van der Waals surface area (Å²) < 4.78 is 20.3. The van der Waals surface area contributed by atoms with E-state index in [0.29, 0.717) is 23.0 Å². The van der Waals surface area contributed by atoms with E-state index >= 15 is 0 Å². The molecule has 4 aromatic rings. The van der Waals surface area contributed by atoms with E-state index in [2.05, 4.69) is 25.5 Å². The summed E-state index contributed by atoms with van der Waals surface area (Å²) in [6.07, 6.45) is 1.80. The highest BCUT2D eigenvalue weighted by molar-refractivity contribution is 5.54. The van der Waals surface area contributed by atoms with Crippen LogP contribution in [0.1, 0.15) is 17.1 Å². The van der Waals surface area contributed by atoms with Crippen molar-refractivity contribution in [2.45, 2.75) is 12.5 Å². The quantitative estimate of drug-likeness (QED) is 0.474. The molecule has 9 heteroatoms. The fraction of sp³-hybridized carbons (Fsp3) is 0.211. The number of aromatic amines is 1. The zero-order valence-electron chi connectivity index (χ0n) is 15.3. The number of rotatable bonds is 6. The molecule has 0 aliphatic heterocycles. The predicted molar refractivity (Wildman–Crippen MR) is 101 cm³/mol. The van der Waals surface area contributed by atoms with E-state index in [4.69, 9.17) is 4.74 Å². The molecule has 28 heavy (non-hydrogen) atoms. The summed E-state index contributed by atoms with van der Waals surface area (Å²) in [5.41, 5.74) is 0.235. The number of anilines is 2. The summed E-state index contributed by atoms with van der Waals surface area (Å²) in [4.78, 5) is 9.02. The van der Waals surface area contributed by atoms with Gasteiger partial charge in [-0.2, -0.15) is 10.1 Å². The van der Waals surface area contributed by atoms with E-state index in [1.165, 1.54) is 31.4 Å². The Hall–Kier alpha value is -3.30. The van der Waals surface area contributed by atoms with Crippen molar-refractivity contribution in [1.29, 1.82) is 0 Å².